The Morgan fingerprint density at radius 1 is 1.10 bits per heavy atom. The number of nitrogens with zero attached hydrogens (tertiary/aromatic N) is 4. The summed E-state index contributed by atoms with van der Waals surface area (Å²) >= 11 is 6.20. The molecular formula is C30H30ClF3N5O-. The first-order valence-electron chi connectivity index (χ1n) is 13.2. The maximum absolute atomic E-state index is 13.7. The number of nitrogens with one attached hydrogen (secondary N) is 1. The summed E-state index contributed by atoms with van der Waals surface area (Å²) in [7, 11) is 0. The zero-order valence-corrected chi connectivity index (χ0v) is 23.2. The van der Waals surface area contributed by atoms with Gasteiger partial charge in [-0.25, -0.2) is 4.98 Å². The molecule has 1 N–H and O–H groups in total. The Morgan fingerprint density at radius 3 is 2.55 bits per heavy atom. The molecule has 0 bridgehead atoms. The summed E-state index contributed by atoms with van der Waals surface area (Å²) in [6.45, 7) is 5.89. The van der Waals surface area contributed by atoms with Gasteiger partial charge in [-0.15, -0.1) is 0 Å². The van der Waals surface area contributed by atoms with Crippen LogP contribution in [0.2, 0.25) is 5.02 Å². The first kappa shape index (κ1) is 28.0. The smallest absolute Gasteiger partial charge is 0.433 e. The van der Waals surface area contributed by atoms with Crippen molar-refractivity contribution in [1.82, 2.24) is 14.8 Å². The van der Waals surface area contributed by atoms with E-state index >= 15 is 0 Å². The number of alkyl halides is 3. The van der Waals surface area contributed by atoms with Gasteiger partial charge >= 0.3 is 6.18 Å². The highest BCUT2D eigenvalue weighted by Crippen LogP contribution is 2.43. The van der Waals surface area contributed by atoms with Crippen LogP contribution in [-0.2, 0) is 17.3 Å². The number of rotatable bonds is 5. The Hall–Kier alpha value is -3.59. The summed E-state index contributed by atoms with van der Waals surface area (Å²) in [4.78, 5) is 8.64. The van der Waals surface area contributed by atoms with Gasteiger partial charge in [0.05, 0.1) is 22.3 Å². The third-order valence-electron chi connectivity index (χ3n) is 7.27. The second-order valence-electron chi connectivity index (χ2n) is 11.3. The third kappa shape index (κ3) is 5.66. The highest BCUT2D eigenvalue weighted by atomic mass is 35.5. The Balaban J connectivity index is 1.56. The van der Waals surface area contributed by atoms with Gasteiger partial charge in [0, 0.05) is 34.2 Å². The van der Waals surface area contributed by atoms with Crippen molar-refractivity contribution in [1.29, 1.82) is 0 Å². The van der Waals surface area contributed by atoms with Gasteiger partial charge in [0.1, 0.15) is 5.69 Å². The number of aliphatic imine (C=N–C) groups is 1. The fraction of sp³-hybridized carbons (Fsp3) is 0.367. The minimum absolute atomic E-state index is 0.196. The summed E-state index contributed by atoms with van der Waals surface area (Å²) < 4.78 is 42.8. The number of pyridine rings is 1. The van der Waals surface area contributed by atoms with E-state index in [9.17, 15) is 18.3 Å². The highest BCUT2D eigenvalue weighted by molar-refractivity contribution is 6.31. The molecule has 6 nitrogen and oxygen atoms in total. The standard InChI is InChI=1S/C30H31ClF3N5O/c1-28(2,3)39-25(13-15-35-39)27(40)38-29(19-8-5-4-6-9-19)14-7-10-21(18-29)36-24-17-26(30(32,33)34)37-23-12-11-20(31)16-22(23)24/h4-6,8-9,11-13,15-17,21H,7,10,14,18H2,1-3H3,(H,36,37)(H,38,40)/p-1/t21-,29?/m0/s1. The molecule has 210 valence electrons. The van der Waals surface area contributed by atoms with Crippen molar-refractivity contribution in [2.75, 3.05) is 5.32 Å². The minimum Gasteiger partial charge on any atom is -0.857 e. The average molecular weight is 569 g/mol. The van der Waals surface area contributed by atoms with E-state index in [1.165, 1.54) is 12.1 Å². The molecule has 1 saturated carbocycles. The van der Waals surface area contributed by atoms with Crippen LogP contribution in [0, 0.1) is 0 Å². The fourth-order valence-corrected chi connectivity index (χ4v) is 5.66. The summed E-state index contributed by atoms with van der Waals surface area (Å²) in [5, 5.41) is 22.2. The number of anilines is 1. The van der Waals surface area contributed by atoms with Crippen LogP contribution in [0.4, 0.5) is 18.9 Å². The predicted octanol–water partition coefficient (Wildman–Crippen LogP) is 6.92. The van der Waals surface area contributed by atoms with E-state index in [2.05, 4.69) is 15.4 Å². The molecule has 10 heteroatoms. The van der Waals surface area contributed by atoms with Crippen molar-refractivity contribution in [2.45, 2.75) is 69.8 Å². The molecule has 1 aliphatic rings. The monoisotopic (exact) mass is 568 g/mol. The van der Waals surface area contributed by atoms with E-state index in [1.807, 2.05) is 51.1 Å². The molecule has 2 atom stereocenters. The molecule has 2 heterocycles. The number of aromatic nitrogens is 3. The normalized spacial score (nSPS) is 20.6. The quantitative estimate of drug-likeness (QED) is 0.209. The predicted molar refractivity (Wildman–Crippen MR) is 150 cm³/mol. The molecule has 2 aromatic heterocycles. The zero-order valence-electron chi connectivity index (χ0n) is 22.5. The van der Waals surface area contributed by atoms with Crippen LogP contribution in [0.1, 0.15) is 63.4 Å². The number of benzene rings is 2. The lowest BCUT2D eigenvalue weighted by molar-refractivity contribution is -0.215. The van der Waals surface area contributed by atoms with Crippen LogP contribution >= 0.6 is 11.6 Å². The van der Waals surface area contributed by atoms with E-state index in [-0.39, 0.29) is 17.5 Å². The van der Waals surface area contributed by atoms with Gasteiger partial charge < -0.3 is 10.4 Å². The topological polar surface area (TPSA) is 78.2 Å². The fourth-order valence-electron chi connectivity index (χ4n) is 5.49. The van der Waals surface area contributed by atoms with Crippen LogP contribution in [0.5, 0.6) is 0 Å². The molecule has 0 aliphatic heterocycles. The molecule has 40 heavy (non-hydrogen) atoms. The largest absolute Gasteiger partial charge is 0.857 e. The molecule has 0 amide bonds. The Morgan fingerprint density at radius 2 is 1.85 bits per heavy atom. The van der Waals surface area contributed by atoms with Crippen molar-refractivity contribution in [3.05, 3.63) is 88.8 Å². The molecule has 0 radical (unpaired) electrons. The van der Waals surface area contributed by atoms with Crippen molar-refractivity contribution >= 4 is 34.1 Å². The van der Waals surface area contributed by atoms with Gasteiger partial charge in [-0.2, -0.15) is 18.3 Å². The number of halogens is 4. The summed E-state index contributed by atoms with van der Waals surface area (Å²) in [5.41, 5.74) is -0.495. The Bertz CT molecular complexity index is 1540. The SMILES string of the molecule is CC(C)(C)n1nccc1C([O-])=NC1(c2ccccc2)CCC[C@H](Nc2cc(C(F)(F)F)nc3ccc(Cl)cc23)C1. The molecular weight excluding hydrogens is 539 g/mol. The number of hydrogen-bond acceptors (Lipinski definition) is 5. The van der Waals surface area contributed by atoms with Crippen molar-refractivity contribution in [3.63, 3.8) is 0 Å². The van der Waals surface area contributed by atoms with Crippen LogP contribution < -0.4 is 10.4 Å². The second-order valence-corrected chi connectivity index (χ2v) is 11.7. The van der Waals surface area contributed by atoms with Crippen molar-refractivity contribution in [2.24, 2.45) is 4.99 Å². The van der Waals surface area contributed by atoms with Crippen LogP contribution in [0.15, 0.2) is 71.9 Å². The lowest BCUT2D eigenvalue weighted by Crippen LogP contribution is -2.40. The van der Waals surface area contributed by atoms with Crippen molar-refractivity contribution < 1.29 is 18.3 Å². The van der Waals surface area contributed by atoms with E-state index in [0.29, 0.717) is 41.1 Å². The number of hydrogen-bond donors (Lipinski definition) is 1. The Kier molecular flexibility index (Phi) is 7.29. The van der Waals surface area contributed by atoms with Gasteiger partial charge in [-0.05, 0) is 82.3 Å². The molecule has 1 unspecified atom stereocenters. The molecule has 0 saturated heterocycles. The Labute approximate surface area is 235 Å². The van der Waals surface area contributed by atoms with Gasteiger partial charge in [0.25, 0.3) is 0 Å². The number of fused-ring (bicyclic) bond motifs is 1. The van der Waals surface area contributed by atoms with E-state index < -0.39 is 22.9 Å². The average Bonchev–Trinajstić information content (AvgIpc) is 3.40. The summed E-state index contributed by atoms with van der Waals surface area (Å²) in [6, 6.07) is 16.7. The van der Waals surface area contributed by atoms with Gasteiger partial charge in [-0.3, -0.25) is 9.67 Å². The van der Waals surface area contributed by atoms with Gasteiger partial charge in [0.15, 0.2) is 0 Å². The summed E-state index contributed by atoms with van der Waals surface area (Å²) in [5.74, 6) is -0.377. The maximum atomic E-state index is 13.7. The second kappa shape index (κ2) is 10.4. The molecule has 1 aliphatic carbocycles. The lowest BCUT2D eigenvalue weighted by atomic mass is 9.74. The highest BCUT2D eigenvalue weighted by Gasteiger charge is 2.39. The first-order valence-corrected chi connectivity index (χ1v) is 13.5. The third-order valence-corrected chi connectivity index (χ3v) is 7.51. The van der Waals surface area contributed by atoms with Crippen molar-refractivity contribution in [3.8, 4) is 0 Å². The maximum Gasteiger partial charge on any atom is 0.433 e. The van der Waals surface area contributed by atoms with E-state index in [4.69, 9.17) is 16.6 Å². The molecule has 1 fully saturated rings. The molecule has 4 aromatic rings. The molecule has 5 rings (SSSR count). The van der Waals surface area contributed by atoms with Crippen LogP contribution in [-0.4, -0.2) is 26.7 Å². The minimum atomic E-state index is -4.61. The summed E-state index contributed by atoms with van der Waals surface area (Å²) in [6.07, 6.45) is -0.560. The van der Waals surface area contributed by atoms with E-state index in [1.54, 1.807) is 23.0 Å². The lowest BCUT2D eigenvalue weighted by Gasteiger charge is -2.41. The molecule has 2 aromatic carbocycles. The van der Waals surface area contributed by atoms with Gasteiger partial charge in [-0.1, -0.05) is 41.9 Å². The molecule has 0 spiro atoms. The van der Waals surface area contributed by atoms with E-state index in [0.717, 1.165) is 18.1 Å². The van der Waals surface area contributed by atoms with Crippen LogP contribution in [0.3, 0.4) is 0 Å². The first-order chi connectivity index (χ1) is 18.9. The van der Waals surface area contributed by atoms with Crippen LogP contribution in [0.25, 0.3) is 10.9 Å². The van der Waals surface area contributed by atoms with Gasteiger partial charge in [0.2, 0.25) is 0 Å². The zero-order chi connectivity index (χ0) is 28.7.